The van der Waals surface area contributed by atoms with Gasteiger partial charge in [-0.1, -0.05) is 0 Å². The summed E-state index contributed by atoms with van der Waals surface area (Å²) in [7, 11) is 1.34. The second-order valence-corrected chi connectivity index (χ2v) is 3.88. The molecule has 0 aliphatic rings. The number of nitrogens with two attached hydrogens (primary N) is 1. The van der Waals surface area contributed by atoms with Crippen LogP contribution < -0.4 is 5.73 Å². The number of aryl methyl sites for hydroxylation is 2. The standard InChI is InChI=1S/C12H17NO3/c1-7-4-9(14)5-8(2)12(7)10(13)6-11(15)16-3/h4-5,10,14H,6,13H2,1-3H3/t10-/m0/s1. The van der Waals surface area contributed by atoms with E-state index in [1.54, 1.807) is 12.1 Å². The number of hydrogen-bond acceptors (Lipinski definition) is 4. The first-order valence-electron chi connectivity index (χ1n) is 5.08. The minimum Gasteiger partial charge on any atom is -0.508 e. The maximum absolute atomic E-state index is 11.1. The van der Waals surface area contributed by atoms with Crippen LogP contribution in [0.2, 0.25) is 0 Å². The molecule has 1 atom stereocenters. The fraction of sp³-hybridized carbons (Fsp3) is 0.417. The van der Waals surface area contributed by atoms with E-state index < -0.39 is 6.04 Å². The van der Waals surface area contributed by atoms with Gasteiger partial charge in [-0.25, -0.2) is 0 Å². The van der Waals surface area contributed by atoms with E-state index in [1.165, 1.54) is 7.11 Å². The molecule has 1 aromatic carbocycles. The van der Waals surface area contributed by atoms with Crippen LogP contribution in [0.3, 0.4) is 0 Å². The number of carbonyl (C=O) groups excluding carboxylic acids is 1. The van der Waals surface area contributed by atoms with Gasteiger partial charge >= 0.3 is 5.97 Å². The third-order valence-electron chi connectivity index (χ3n) is 2.56. The molecule has 0 fully saturated rings. The van der Waals surface area contributed by atoms with Crippen molar-refractivity contribution in [1.29, 1.82) is 0 Å². The molecule has 0 radical (unpaired) electrons. The minimum absolute atomic E-state index is 0.142. The number of phenols is 1. The minimum atomic E-state index is -0.395. The molecule has 88 valence electrons. The Bertz CT molecular complexity index is 378. The fourth-order valence-corrected chi connectivity index (χ4v) is 1.90. The maximum Gasteiger partial charge on any atom is 0.307 e. The van der Waals surface area contributed by atoms with Gasteiger partial charge in [0, 0.05) is 6.04 Å². The van der Waals surface area contributed by atoms with Crippen molar-refractivity contribution in [3.05, 3.63) is 28.8 Å². The van der Waals surface area contributed by atoms with Crippen molar-refractivity contribution < 1.29 is 14.6 Å². The van der Waals surface area contributed by atoms with E-state index in [0.717, 1.165) is 16.7 Å². The number of carbonyl (C=O) groups is 1. The first-order chi connectivity index (χ1) is 7.45. The zero-order chi connectivity index (χ0) is 12.3. The van der Waals surface area contributed by atoms with Crippen molar-refractivity contribution in [2.24, 2.45) is 5.73 Å². The van der Waals surface area contributed by atoms with Crippen molar-refractivity contribution in [3.8, 4) is 5.75 Å². The second kappa shape index (κ2) is 4.99. The molecule has 0 bridgehead atoms. The first-order valence-corrected chi connectivity index (χ1v) is 5.08. The predicted molar refractivity (Wildman–Crippen MR) is 61.1 cm³/mol. The van der Waals surface area contributed by atoms with Gasteiger partial charge in [-0.15, -0.1) is 0 Å². The number of benzene rings is 1. The molecule has 0 aliphatic carbocycles. The van der Waals surface area contributed by atoms with Crippen molar-refractivity contribution >= 4 is 5.97 Å². The summed E-state index contributed by atoms with van der Waals surface area (Å²) in [6.07, 6.45) is 0.142. The molecule has 0 saturated carbocycles. The van der Waals surface area contributed by atoms with Gasteiger partial charge in [-0.3, -0.25) is 4.79 Å². The van der Waals surface area contributed by atoms with E-state index in [1.807, 2.05) is 13.8 Å². The zero-order valence-corrected chi connectivity index (χ0v) is 9.78. The normalized spacial score (nSPS) is 12.2. The quantitative estimate of drug-likeness (QED) is 0.763. The summed E-state index contributed by atoms with van der Waals surface area (Å²) in [5, 5.41) is 9.40. The van der Waals surface area contributed by atoms with Gasteiger partial charge in [0.25, 0.3) is 0 Å². The molecule has 0 heterocycles. The summed E-state index contributed by atoms with van der Waals surface area (Å²) in [4.78, 5) is 11.1. The monoisotopic (exact) mass is 223 g/mol. The maximum atomic E-state index is 11.1. The number of hydrogen-bond donors (Lipinski definition) is 2. The number of methoxy groups -OCH3 is 1. The van der Waals surface area contributed by atoms with E-state index >= 15 is 0 Å². The number of aromatic hydroxyl groups is 1. The number of rotatable bonds is 3. The molecule has 0 saturated heterocycles. The SMILES string of the molecule is COC(=O)C[C@H](N)c1c(C)cc(O)cc1C. The lowest BCUT2D eigenvalue weighted by molar-refractivity contribution is -0.141. The van der Waals surface area contributed by atoms with Crippen LogP contribution >= 0.6 is 0 Å². The van der Waals surface area contributed by atoms with Crippen LogP contribution in [0.25, 0.3) is 0 Å². The smallest absolute Gasteiger partial charge is 0.307 e. The lowest BCUT2D eigenvalue weighted by atomic mass is 9.94. The van der Waals surface area contributed by atoms with Crippen LogP contribution in [-0.4, -0.2) is 18.2 Å². The summed E-state index contributed by atoms with van der Waals surface area (Å²) in [5.74, 6) is -0.122. The topological polar surface area (TPSA) is 72.5 Å². The Morgan fingerprint density at radius 3 is 2.38 bits per heavy atom. The number of esters is 1. The Morgan fingerprint density at radius 1 is 1.44 bits per heavy atom. The van der Waals surface area contributed by atoms with Gasteiger partial charge < -0.3 is 15.6 Å². The molecule has 0 aliphatic heterocycles. The predicted octanol–water partition coefficient (Wildman–Crippen LogP) is 1.57. The molecule has 4 heteroatoms. The zero-order valence-electron chi connectivity index (χ0n) is 9.78. The van der Waals surface area contributed by atoms with E-state index in [-0.39, 0.29) is 18.1 Å². The summed E-state index contributed by atoms with van der Waals surface area (Å²) in [6.45, 7) is 3.72. The Morgan fingerprint density at radius 2 is 1.94 bits per heavy atom. The molecule has 0 aromatic heterocycles. The molecule has 3 N–H and O–H groups in total. The molecule has 1 aromatic rings. The number of phenolic OH excluding ortho intramolecular Hbond substituents is 1. The van der Waals surface area contributed by atoms with E-state index in [4.69, 9.17) is 5.73 Å². The third kappa shape index (κ3) is 2.73. The average molecular weight is 223 g/mol. The van der Waals surface area contributed by atoms with Crippen molar-refractivity contribution in [1.82, 2.24) is 0 Å². The highest BCUT2D eigenvalue weighted by Crippen LogP contribution is 2.26. The van der Waals surface area contributed by atoms with Gasteiger partial charge in [0.2, 0.25) is 0 Å². The fourth-order valence-electron chi connectivity index (χ4n) is 1.90. The average Bonchev–Trinajstić information content (AvgIpc) is 2.15. The molecule has 0 spiro atoms. The summed E-state index contributed by atoms with van der Waals surface area (Å²) >= 11 is 0. The van der Waals surface area contributed by atoms with Crippen LogP contribution in [0, 0.1) is 13.8 Å². The first kappa shape index (κ1) is 12.5. The van der Waals surface area contributed by atoms with Crippen LogP contribution in [0.4, 0.5) is 0 Å². The summed E-state index contributed by atoms with van der Waals surface area (Å²) in [6, 6.07) is 2.88. The Labute approximate surface area is 95.0 Å². The van der Waals surface area contributed by atoms with E-state index in [2.05, 4.69) is 4.74 Å². The van der Waals surface area contributed by atoms with Crippen LogP contribution in [-0.2, 0) is 9.53 Å². The highest BCUT2D eigenvalue weighted by Gasteiger charge is 2.16. The van der Waals surface area contributed by atoms with Gasteiger partial charge in [0.1, 0.15) is 5.75 Å². The van der Waals surface area contributed by atoms with Crippen LogP contribution in [0.1, 0.15) is 29.2 Å². The lowest BCUT2D eigenvalue weighted by Crippen LogP contribution is -2.18. The second-order valence-electron chi connectivity index (χ2n) is 3.88. The lowest BCUT2D eigenvalue weighted by Gasteiger charge is -2.16. The highest BCUT2D eigenvalue weighted by atomic mass is 16.5. The van der Waals surface area contributed by atoms with Crippen molar-refractivity contribution in [3.63, 3.8) is 0 Å². The Balaban J connectivity index is 2.99. The van der Waals surface area contributed by atoms with Gasteiger partial charge in [0.05, 0.1) is 13.5 Å². The van der Waals surface area contributed by atoms with E-state index in [0.29, 0.717) is 0 Å². The van der Waals surface area contributed by atoms with Crippen LogP contribution in [0.15, 0.2) is 12.1 Å². The number of ether oxygens (including phenoxy) is 1. The van der Waals surface area contributed by atoms with Gasteiger partial charge in [0.15, 0.2) is 0 Å². The Hall–Kier alpha value is -1.55. The molecule has 16 heavy (non-hydrogen) atoms. The largest absolute Gasteiger partial charge is 0.508 e. The molecule has 1 rings (SSSR count). The highest BCUT2D eigenvalue weighted by molar-refractivity contribution is 5.70. The van der Waals surface area contributed by atoms with Gasteiger partial charge in [-0.2, -0.15) is 0 Å². The summed E-state index contributed by atoms with van der Waals surface area (Å²) < 4.78 is 4.58. The molecular weight excluding hydrogens is 206 g/mol. The Kier molecular flexibility index (Phi) is 3.90. The molecule has 0 unspecified atom stereocenters. The van der Waals surface area contributed by atoms with Crippen LogP contribution in [0.5, 0.6) is 5.75 Å². The molecule has 4 nitrogen and oxygen atoms in total. The van der Waals surface area contributed by atoms with E-state index in [9.17, 15) is 9.90 Å². The summed E-state index contributed by atoms with van der Waals surface area (Å²) in [5.41, 5.74) is 8.60. The third-order valence-corrected chi connectivity index (χ3v) is 2.56. The molecular formula is C12H17NO3. The van der Waals surface area contributed by atoms with Crippen molar-refractivity contribution in [2.75, 3.05) is 7.11 Å². The van der Waals surface area contributed by atoms with Crippen molar-refractivity contribution in [2.45, 2.75) is 26.3 Å². The van der Waals surface area contributed by atoms with Gasteiger partial charge in [-0.05, 0) is 42.7 Å². The molecule has 0 amide bonds.